The van der Waals surface area contributed by atoms with Crippen molar-refractivity contribution < 1.29 is 4.74 Å². The lowest BCUT2D eigenvalue weighted by Crippen LogP contribution is -2.17. The molecule has 0 N–H and O–H groups in total. The fourth-order valence-electron chi connectivity index (χ4n) is 1.13. The average molecular weight is 177 g/mol. The number of rotatable bonds is 1. The van der Waals surface area contributed by atoms with Gasteiger partial charge in [-0.2, -0.15) is 0 Å². The average Bonchev–Trinajstić information content (AvgIpc) is 2.48. The molecule has 0 saturated carbocycles. The van der Waals surface area contributed by atoms with Gasteiger partial charge in [-0.1, -0.05) is 0 Å². The molecule has 1 aliphatic heterocycles. The molecule has 0 spiro atoms. The van der Waals surface area contributed by atoms with Crippen LogP contribution in [0.5, 0.6) is 0 Å². The fourth-order valence-corrected chi connectivity index (χ4v) is 1.13. The Bertz CT molecular complexity index is 332. The molecular formula is C9H11N3O. The van der Waals surface area contributed by atoms with E-state index in [2.05, 4.69) is 15.0 Å². The summed E-state index contributed by atoms with van der Waals surface area (Å²) in [6, 6.07) is 0. The van der Waals surface area contributed by atoms with E-state index >= 15 is 0 Å². The van der Waals surface area contributed by atoms with Crippen molar-refractivity contribution in [2.75, 3.05) is 6.61 Å². The van der Waals surface area contributed by atoms with E-state index in [1.807, 2.05) is 13.8 Å². The standard InChI is InChI=1S/C9H11N3O/c1-9(2)6-13-8(12-9)7-5-10-3-4-11-7/h3-5H,6H2,1-2H3. The Hall–Kier alpha value is -1.45. The second-order valence-corrected chi connectivity index (χ2v) is 3.61. The van der Waals surface area contributed by atoms with Crippen LogP contribution in [-0.4, -0.2) is 28.0 Å². The summed E-state index contributed by atoms with van der Waals surface area (Å²) in [5, 5.41) is 0. The Morgan fingerprint density at radius 3 is 2.77 bits per heavy atom. The van der Waals surface area contributed by atoms with Gasteiger partial charge in [-0.15, -0.1) is 0 Å². The first kappa shape index (κ1) is 8.16. The summed E-state index contributed by atoms with van der Waals surface area (Å²) in [5.41, 5.74) is 0.570. The Morgan fingerprint density at radius 2 is 2.23 bits per heavy atom. The van der Waals surface area contributed by atoms with Crippen molar-refractivity contribution in [3.63, 3.8) is 0 Å². The number of hydrogen-bond acceptors (Lipinski definition) is 4. The lowest BCUT2D eigenvalue weighted by molar-refractivity contribution is 0.279. The van der Waals surface area contributed by atoms with Crippen molar-refractivity contribution in [2.45, 2.75) is 19.4 Å². The number of aliphatic imine (C=N–C) groups is 1. The quantitative estimate of drug-likeness (QED) is 0.643. The van der Waals surface area contributed by atoms with Gasteiger partial charge < -0.3 is 4.74 Å². The van der Waals surface area contributed by atoms with Crippen LogP contribution in [0.1, 0.15) is 19.5 Å². The first-order valence-corrected chi connectivity index (χ1v) is 4.16. The van der Waals surface area contributed by atoms with E-state index in [4.69, 9.17) is 4.74 Å². The minimum atomic E-state index is -0.132. The molecule has 0 unspecified atom stereocenters. The van der Waals surface area contributed by atoms with Gasteiger partial charge in [0.25, 0.3) is 0 Å². The normalized spacial score (nSPS) is 19.4. The van der Waals surface area contributed by atoms with E-state index in [9.17, 15) is 0 Å². The molecule has 0 radical (unpaired) electrons. The Labute approximate surface area is 76.7 Å². The van der Waals surface area contributed by atoms with Gasteiger partial charge in [0.05, 0.1) is 11.7 Å². The van der Waals surface area contributed by atoms with E-state index in [0.29, 0.717) is 18.2 Å². The summed E-state index contributed by atoms with van der Waals surface area (Å²) in [7, 11) is 0. The molecule has 2 rings (SSSR count). The van der Waals surface area contributed by atoms with Crippen molar-refractivity contribution in [1.82, 2.24) is 9.97 Å². The zero-order valence-electron chi connectivity index (χ0n) is 7.69. The molecule has 0 saturated heterocycles. The number of aromatic nitrogens is 2. The van der Waals surface area contributed by atoms with Gasteiger partial charge in [-0.25, -0.2) is 9.98 Å². The van der Waals surface area contributed by atoms with Crippen molar-refractivity contribution in [3.8, 4) is 0 Å². The van der Waals surface area contributed by atoms with Crippen LogP contribution in [0.3, 0.4) is 0 Å². The molecule has 1 aromatic heterocycles. The molecule has 0 amide bonds. The predicted octanol–water partition coefficient (Wildman–Crippen LogP) is 1.03. The van der Waals surface area contributed by atoms with E-state index < -0.39 is 0 Å². The van der Waals surface area contributed by atoms with Crippen LogP contribution >= 0.6 is 0 Å². The SMILES string of the molecule is CC1(C)COC(c2cnccn2)=N1. The third-order valence-electron chi connectivity index (χ3n) is 1.75. The Kier molecular flexibility index (Phi) is 1.76. The number of nitrogens with zero attached hydrogens (tertiary/aromatic N) is 3. The maximum Gasteiger partial charge on any atom is 0.237 e. The van der Waals surface area contributed by atoms with Crippen LogP contribution in [0.25, 0.3) is 0 Å². The van der Waals surface area contributed by atoms with Crippen LogP contribution in [0.4, 0.5) is 0 Å². The Balaban J connectivity index is 2.30. The second-order valence-electron chi connectivity index (χ2n) is 3.61. The van der Waals surface area contributed by atoms with Gasteiger partial charge in [0, 0.05) is 12.4 Å². The van der Waals surface area contributed by atoms with Gasteiger partial charge in [0.2, 0.25) is 5.90 Å². The third kappa shape index (κ3) is 1.66. The Morgan fingerprint density at radius 1 is 1.38 bits per heavy atom. The first-order chi connectivity index (χ1) is 6.17. The maximum absolute atomic E-state index is 5.40. The molecule has 4 nitrogen and oxygen atoms in total. The van der Waals surface area contributed by atoms with Crippen LogP contribution in [-0.2, 0) is 4.74 Å². The highest BCUT2D eigenvalue weighted by Crippen LogP contribution is 2.18. The predicted molar refractivity (Wildman–Crippen MR) is 48.6 cm³/mol. The number of ether oxygens (including phenoxy) is 1. The molecule has 2 heterocycles. The maximum atomic E-state index is 5.40. The van der Waals surface area contributed by atoms with E-state index in [-0.39, 0.29) is 5.54 Å². The second kappa shape index (κ2) is 2.80. The number of hydrogen-bond donors (Lipinski definition) is 0. The first-order valence-electron chi connectivity index (χ1n) is 4.16. The van der Waals surface area contributed by atoms with Gasteiger partial charge in [0.15, 0.2) is 0 Å². The summed E-state index contributed by atoms with van der Waals surface area (Å²) in [6.07, 6.45) is 4.91. The summed E-state index contributed by atoms with van der Waals surface area (Å²) in [5.74, 6) is 0.595. The zero-order valence-corrected chi connectivity index (χ0v) is 7.69. The molecule has 0 fully saturated rings. The lowest BCUT2D eigenvalue weighted by Gasteiger charge is -2.07. The molecule has 0 bridgehead atoms. The smallest absolute Gasteiger partial charge is 0.237 e. The van der Waals surface area contributed by atoms with Crippen molar-refractivity contribution in [1.29, 1.82) is 0 Å². The summed E-state index contributed by atoms with van der Waals surface area (Å²) in [4.78, 5) is 12.4. The molecule has 0 aromatic carbocycles. The minimum absolute atomic E-state index is 0.132. The highest BCUT2D eigenvalue weighted by Gasteiger charge is 2.27. The zero-order chi connectivity index (χ0) is 9.31. The molecule has 13 heavy (non-hydrogen) atoms. The largest absolute Gasteiger partial charge is 0.474 e. The van der Waals surface area contributed by atoms with Crippen LogP contribution < -0.4 is 0 Å². The van der Waals surface area contributed by atoms with E-state index in [1.165, 1.54) is 0 Å². The molecule has 4 heteroatoms. The highest BCUT2D eigenvalue weighted by molar-refractivity contribution is 5.93. The summed E-state index contributed by atoms with van der Waals surface area (Å²) >= 11 is 0. The minimum Gasteiger partial charge on any atom is -0.474 e. The van der Waals surface area contributed by atoms with Crippen molar-refractivity contribution >= 4 is 5.90 Å². The fraction of sp³-hybridized carbons (Fsp3) is 0.444. The topological polar surface area (TPSA) is 47.4 Å². The van der Waals surface area contributed by atoms with Crippen molar-refractivity contribution in [3.05, 3.63) is 24.3 Å². The van der Waals surface area contributed by atoms with Crippen LogP contribution in [0, 0.1) is 0 Å². The molecule has 68 valence electrons. The summed E-state index contributed by atoms with van der Waals surface area (Å²) < 4.78 is 5.40. The van der Waals surface area contributed by atoms with Gasteiger partial charge in [0.1, 0.15) is 12.3 Å². The van der Waals surface area contributed by atoms with E-state index in [1.54, 1.807) is 18.6 Å². The molecular weight excluding hydrogens is 166 g/mol. The third-order valence-corrected chi connectivity index (χ3v) is 1.75. The molecule has 1 aromatic rings. The molecule has 0 atom stereocenters. The lowest BCUT2D eigenvalue weighted by atomic mass is 10.1. The van der Waals surface area contributed by atoms with Crippen LogP contribution in [0.15, 0.2) is 23.6 Å². The van der Waals surface area contributed by atoms with Gasteiger partial charge in [-0.05, 0) is 13.8 Å². The molecule has 0 aliphatic carbocycles. The van der Waals surface area contributed by atoms with Crippen molar-refractivity contribution in [2.24, 2.45) is 4.99 Å². The van der Waals surface area contributed by atoms with Crippen LogP contribution in [0.2, 0.25) is 0 Å². The van der Waals surface area contributed by atoms with E-state index in [0.717, 1.165) is 0 Å². The molecule has 1 aliphatic rings. The highest BCUT2D eigenvalue weighted by atomic mass is 16.5. The summed E-state index contributed by atoms with van der Waals surface area (Å²) in [6.45, 7) is 4.66. The monoisotopic (exact) mass is 177 g/mol. The van der Waals surface area contributed by atoms with Gasteiger partial charge in [-0.3, -0.25) is 4.98 Å². The van der Waals surface area contributed by atoms with Gasteiger partial charge >= 0.3 is 0 Å².